The summed E-state index contributed by atoms with van der Waals surface area (Å²) in [5.41, 5.74) is 2.72. The number of hydrogen-bond acceptors (Lipinski definition) is 3. The molecule has 1 aliphatic carbocycles. The molecule has 0 bridgehead atoms. The highest BCUT2D eigenvalue weighted by Crippen LogP contribution is 2.47. The van der Waals surface area contributed by atoms with Gasteiger partial charge >= 0.3 is 0 Å². The Morgan fingerprint density at radius 2 is 2.24 bits per heavy atom. The van der Waals surface area contributed by atoms with Crippen molar-refractivity contribution in [2.45, 2.75) is 31.7 Å². The van der Waals surface area contributed by atoms with Gasteiger partial charge in [0.1, 0.15) is 5.58 Å². The van der Waals surface area contributed by atoms with E-state index in [1.165, 1.54) is 0 Å². The molecule has 1 aromatic heterocycles. The molecular formula is C14H13NO2. The Morgan fingerprint density at radius 1 is 1.41 bits per heavy atom. The zero-order valence-corrected chi connectivity index (χ0v) is 9.69. The number of aliphatic imine (C=N–C) groups is 1. The predicted molar refractivity (Wildman–Crippen MR) is 64.6 cm³/mol. The molecule has 0 radical (unpaired) electrons. The van der Waals surface area contributed by atoms with Crippen LogP contribution in [-0.2, 0) is 10.3 Å². The molecule has 3 heteroatoms. The summed E-state index contributed by atoms with van der Waals surface area (Å²) < 4.78 is 5.49. The quantitative estimate of drug-likeness (QED) is 0.582. The number of nitrogens with zero attached hydrogens (tertiary/aromatic N) is 1. The molecule has 1 fully saturated rings. The Bertz CT molecular complexity index is 616. The van der Waals surface area contributed by atoms with E-state index in [9.17, 15) is 4.79 Å². The topological polar surface area (TPSA) is 42.6 Å². The summed E-state index contributed by atoms with van der Waals surface area (Å²) in [6.07, 6.45) is 6.44. The first kappa shape index (κ1) is 10.3. The van der Waals surface area contributed by atoms with E-state index in [0.717, 1.165) is 41.4 Å². The lowest BCUT2D eigenvalue weighted by Gasteiger charge is -2.37. The number of aryl methyl sites for hydroxylation is 1. The Kier molecular flexibility index (Phi) is 2.17. The second-order valence-electron chi connectivity index (χ2n) is 4.69. The van der Waals surface area contributed by atoms with Crippen LogP contribution in [-0.4, -0.2) is 6.08 Å². The first-order valence-electron chi connectivity index (χ1n) is 5.83. The van der Waals surface area contributed by atoms with Crippen molar-refractivity contribution >= 4 is 17.0 Å². The fourth-order valence-corrected chi connectivity index (χ4v) is 2.68. The van der Waals surface area contributed by atoms with Gasteiger partial charge in [0.15, 0.2) is 0 Å². The second-order valence-corrected chi connectivity index (χ2v) is 4.69. The van der Waals surface area contributed by atoms with Crippen LogP contribution in [0, 0.1) is 6.92 Å². The van der Waals surface area contributed by atoms with Crippen LogP contribution in [0.2, 0.25) is 0 Å². The van der Waals surface area contributed by atoms with Gasteiger partial charge in [0.2, 0.25) is 6.08 Å². The molecule has 3 nitrogen and oxygen atoms in total. The summed E-state index contributed by atoms with van der Waals surface area (Å²) in [6.45, 7) is 2.02. The highest BCUT2D eigenvalue weighted by Gasteiger charge is 2.40. The van der Waals surface area contributed by atoms with Crippen molar-refractivity contribution in [3.05, 3.63) is 35.6 Å². The molecule has 0 aliphatic heterocycles. The van der Waals surface area contributed by atoms with Gasteiger partial charge in [-0.15, -0.1) is 0 Å². The third kappa shape index (κ3) is 1.36. The minimum Gasteiger partial charge on any atom is -0.464 e. The largest absolute Gasteiger partial charge is 0.464 e. The Balaban J connectivity index is 2.29. The molecule has 3 rings (SSSR count). The fourth-order valence-electron chi connectivity index (χ4n) is 2.68. The zero-order valence-electron chi connectivity index (χ0n) is 9.69. The molecular weight excluding hydrogens is 214 g/mol. The van der Waals surface area contributed by atoms with E-state index < -0.39 is 0 Å². The van der Waals surface area contributed by atoms with E-state index in [0.29, 0.717) is 0 Å². The van der Waals surface area contributed by atoms with Gasteiger partial charge in [0, 0.05) is 5.39 Å². The number of rotatable bonds is 2. The third-order valence-corrected chi connectivity index (χ3v) is 3.72. The smallest absolute Gasteiger partial charge is 0.235 e. The Labute approximate surface area is 99.1 Å². The highest BCUT2D eigenvalue weighted by molar-refractivity contribution is 5.85. The van der Waals surface area contributed by atoms with Crippen molar-refractivity contribution in [1.29, 1.82) is 0 Å². The van der Waals surface area contributed by atoms with Crippen LogP contribution >= 0.6 is 0 Å². The first-order valence-corrected chi connectivity index (χ1v) is 5.83. The summed E-state index contributed by atoms with van der Waals surface area (Å²) in [7, 11) is 0. The maximum absolute atomic E-state index is 10.6. The summed E-state index contributed by atoms with van der Waals surface area (Å²) in [6, 6.07) is 5.95. The van der Waals surface area contributed by atoms with Gasteiger partial charge in [-0.25, -0.2) is 4.79 Å². The monoisotopic (exact) mass is 227 g/mol. The lowest BCUT2D eigenvalue weighted by Crippen LogP contribution is -2.32. The number of isocyanates is 1. The van der Waals surface area contributed by atoms with Crippen molar-refractivity contribution < 1.29 is 9.21 Å². The molecule has 1 aliphatic rings. The lowest BCUT2D eigenvalue weighted by molar-refractivity contribution is 0.258. The van der Waals surface area contributed by atoms with E-state index >= 15 is 0 Å². The second kappa shape index (κ2) is 3.57. The van der Waals surface area contributed by atoms with Crippen molar-refractivity contribution in [1.82, 2.24) is 0 Å². The van der Waals surface area contributed by atoms with Gasteiger partial charge in [-0.3, -0.25) is 0 Å². The Morgan fingerprint density at radius 3 is 2.88 bits per heavy atom. The van der Waals surface area contributed by atoms with Crippen molar-refractivity contribution in [2.75, 3.05) is 0 Å². The molecule has 0 spiro atoms. The zero-order chi connectivity index (χ0) is 11.9. The van der Waals surface area contributed by atoms with Crippen LogP contribution in [0.25, 0.3) is 11.0 Å². The summed E-state index contributed by atoms with van der Waals surface area (Å²) in [4.78, 5) is 14.7. The normalized spacial score (nSPS) is 17.5. The molecule has 0 saturated heterocycles. The number of carbonyl (C=O) groups excluding carboxylic acids is 1. The summed E-state index contributed by atoms with van der Waals surface area (Å²) >= 11 is 0. The molecule has 1 heterocycles. The average molecular weight is 227 g/mol. The minimum absolute atomic E-state index is 0.351. The van der Waals surface area contributed by atoms with Crippen LogP contribution in [0.3, 0.4) is 0 Å². The van der Waals surface area contributed by atoms with E-state index in [2.05, 4.69) is 4.99 Å². The number of fused-ring (bicyclic) bond motifs is 1. The number of hydrogen-bond donors (Lipinski definition) is 0. The van der Waals surface area contributed by atoms with Crippen molar-refractivity contribution in [3.8, 4) is 0 Å². The van der Waals surface area contributed by atoms with Gasteiger partial charge in [-0.1, -0.05) is 12.1 Å². The predicted octanol–water partition coefficient (Wildman–Crippen LogP) is 3.46. The van der Waals surface area contributed by atoms with E-state index in [1.54, 1.807) is 12.3 Å². The van der Waals surface area contributed by atoms with Gasteiger partial charge in [-0.05, 0) is 43.4 Å². The summed E-state index contributed by atoms with van der Waals surface area (Å²) in [5.74, 6) is 0. The van der Waals surface area contributed by atoms with Crippen LogP contribution in [0.1, 0.15) is 30.4 Å². The molecule has 0 N–H and O–H groups in total. The highest BCUT2D eigenvalue weighted by atomic mass is 16.3. The van der Waals surface area contributed by atoms with Gasteiger partial charge < -0.3 is 4.42 Å². The maximum Gasteiger partial charge on any atom is 0.235 e. The first-order chi connectivity index (χ1) is 8.27. The Hall–Kier alpha value is -1.86. The molecule has 17 heavy (non-hydrogen) atoms. The molecule has 0 amide bonds. The lowest BCUT2D eigenvalue weighted by atomic mass is 9.71. The SMILES string of the molecule is Cc1coc2cccc(C3(N=C=O)CCC3)c12. The van der Waals surface area contributed by atoms with Gasteiger partial charge in [0.25, 0.3) is 0 Å². The van der Waals surface area contributed by atoms with Crippen LogP contribution in [0.5, 0.6) is 0 Å². The molecule has 1 aromatic carbocycles. The molecule has 0 unspecified atom stereocenters. The fraction of sp³-hybridized carbons (Fsp3) is 0.357. The van der Waals surface area contributed by atoms with Crippen LogP contribution < -0.4 is 0 Å². The van der Waals surface area contributed by atoms with E-state index in [1.807, 2.05) is 25.1 Å². The maximum atomic E-state index is 10.6. The van der Waals surface area contributed by atoms with Gasteiger partial charge in [-0.2, -0.15) is 4.99 Å². The van der Waals surface area contributed by atoms with E-state index in [4.69, 9.17) is 4.42 Å². The minimum atomic E-state index is -0.351. The van der Waals surface area contributed by atoms with Crippen LogP contribution in [0.4, 0.5) is 0 Å². The van der Waals surface area contributed by atoms with Crippen LogP contribution in [0.15, 0.2) is 33.9 Å². The molecule has 1 saturated carbocycles. The number of furan rings is 1. The standard InChI is InChI=1S/C14H13NO2/c1-10-8-17-12-5-2-4-11(13(10)12)14(15-9-16)6-3-7-14/h2,4-5,8H,3,6-7H2,1H3. The van der Waals surface area contributed by atoms with Crippen molar-refractivity contribution in [2.24, 2.45) is 4.99 Å². The average Bonchev–Trinajstić information content (AvgIpc) is 2.66. The molecule has 2 aromatic rings. The van der Waals surface area contributed by atoms with Crippen molar-refractivity contribution in [3.63, 3.8) is 0 Å². The molecule has 86 valence electrons. The molecule has 0 atom stereocenters. The summed E-state index contributed by atoms with van der Waals surface area (Å²) in [5, 5.41) is 1.10. The van der Waals surface area contributed by atoms with E-state index in [-0.39, 0.29) is 5.54 Å². The number of benzene rings is 1. The third-order valence-electron chi connectivity index (χ3n) is 3.72. The van der Waals surface area contributed by atoms with Gasteiger partial charge in [0.05, 0.1) is 11.8 Å².